The van der Waals surface area contributed by atoms with Crippen LogP contribution in [0.2, 0.25) is 0 Å². The van der Waals surface area contributed by atoms with E-state index >= 15 is 4.39 Å². The van der Waals surface area contributed by atoms with Gasteiger partial charge in [0.2, 0.25) is 0 Å². The van der Waals surface area contributed by atoms with Crippen LogP contribution < -0.4 is 15.8 Å². The van der Waals surface area contributed by atoms with E-state index in [-0.39, 0.29) is 11.3 Å². The summed E-state index contributed by atoms with van der Waals surface area (Å²) in [5.74, 6) is -0.855. The first kappa shape index (κ1) is 33.2. The maximum Gasteiger partial charge on any atom is 0.265 e. The van der Waals surface area contributed by atoms with Crippen LogP contribution in [0.5, 0.6) is 0 Å². The van der Waals surface area contributed by atoms with Gasteiger partial charge in [0.15, 0.2) is 12.3 Å². The van der Waals surface area contributed by atoms with Gasteiger partial charge in [0, 0.05) is 81.6 Å². The van der Waals surface area contributed by atoms with Gasteiger partial charge in [-0.15, -0.1) is 0 Å². The van der Waals surface area contributed by atoms with Crippen molar-refractivity contribution in [2.75, 3.05) is 52.3 Å². The number of carbonyl (C=O) groups is 2. The molecule has 2 aliphatic rings. The zero-order valence-corrected chi connectivity index (χ0v) is 26.5. The van der Waals surface area contributed by atoms with Crippen LogP contribution in [0.15, 0.2) is 81.5 Å². The number of anilines is 1. The second-order valence-corrected chi connectivity index (χ2v) is 10.9. The SMILES string of the molecule is C/C=C(C1=CN(C)C(=O)C(c2ccc(C=O)cn2)N=C1)\C(C)=C(/C)n1ccc2cc(N(C)C)cc(F)c2c1=O.C1COCCN1. The molecule has 5 rings (SSSR count). The number of amides is 1. The second-order valence-electron chi connectivity index (χ2n) is 10.9. The van der Waals surface area contributed by atoms with Crippen molar-refractivity contribution >= 4 is 40.6 Å². The van der Waals surface area contributed by atoms with Gasteiger partial charge in [-0.1, -0.05) is 6.08 Å². The Balaban J connectivity index is 0.000000687. The molecule has 0 radical (unpaired) electrons. The van der Waals surface area contributed by atoms with Crippen LogP contribution in [0, 0.1) is 5.82 Å². The first-order valence-corrected chi connectivity index (χ1v) is 14.7. The standard InChI is InChI=1S/C30H30FN5O3.C4H9NO/c1-7-24(22-15-33-28(30(39)35(6)16-22)26-9-8-20(17-37)14-32-26)18(2)19(3)36-11-10-21-12-23(34(4)5)13-25(31)27(21)29(36)38;1-3-6-4-2-5-1/h7-17,28H,1-6H3;5H,1-4H2/b19-18+,24-7+;. The molecular weight excluding hydrogens is 575 g/mol. The Bertz CT molecular complexity index is 1740. The highest BCUT2D eigenvalue weighted by Gasteiger charge is 2.27. The number of aromatic nitrogens is 2. The number of nitrogens with one attached hydrogen (secondary N) is 1. The lowest BCUT2D eigenvalue weighted by Crippen LogP contribution is -2.30. The lowest BCUT2D eigenvalue weighted by molar-refractivity contribution is -0.128. The molecule has 11 heteroatoms. The van der Waals surface area contributed by atoms with Crippen LogP contribution in [-0.4, -0.2) is 80.3 Å². The number of carbonyl (C=O) groups excluding carboxylic acids is 2. The average molecular weight is 615 g/mol. The molecule has 0 spiro atoms. The zero-order chi connectivity index (χ0) is 32.7. The predicted octanol–water partition coefficient (Wildman–Crippen LogP) is 4.39. The number of likely N-dealkylation sites (N-methyl/N-ethyl adjacent to an activating group) is 1. The molecular formula is C34H39FN6O4. The molecule has 45 heavy (non-hydrogen) atoms. The Hall–Kier alpha value is -4.74. The third-order valence-corrected chi connectivity index (χ3v) is 7.71. The van der Waals surface area contributed by atoms with Gasteiger partial charge in [-0.25, -0.2) is 4.39 Å². The molecule has 0 saturated carbocycles. The van der Waals surface area contributed by atoms with Crippen molar-refractivity contribution in [3.8, 4) is 0 Å². The molecule has 10 nitrogen and oxygen atoms in total. The highest BCUT2D eigenvalue weighted by atomic mass is 19.1. The lowest BCUT2D eigenvalue weighted by Gasteiger charge is -2.18. The molecule has 1 aromatic carbocycles. The number of hydrogen-bond donors (Lipinski definition) is 1. The number of allylic oxidation sites excluding steroid dienone is 5. The highest BCUT2D eigenvalue weighted by Crippen LogP contribution is 2.29. The Kier molecular flexibility index (Phi) is 10.9. The Morgan fingerprint density at radius 3 is 2.42 bits per heavy atom. The molecule has 2 aliphatic heterocycles. The summed E-state index contributed by atoms with van der Waals surface area (Å²) in [7, 11) is 5.27. The molecule has 4 heterocycles. The number of hydrogen-bond acceptors (Lipinski definition) is 8. The summed E-state index contributed by atoms with van der Waals surface area (Å²) < 4.78 is 21.5. The first-order valence-electron chi connectivity index (χ1n) is 14.7. The molecule has 2 aromatic heterocycles. The molecule has 1 atom stereocenters. The van der Waals surface area contributed by atoms with E-state index < -0.39 is 17.4 Å². The van der Waals surface area contributed by atoms with Gasteiger partial charge in [-0.2, -0.15) is 0 Å². The van der Waals surface area contributed by atoms with Crippen LogP contribution in [0.1, 0.15) is 42.9 Å². The minimum Gasteiger partial charge on any atom is -0.379 e. The summed E-state index contributed by atoms with van der Waals surface area (Å²) in [5.41, 5.74) is 3.84. The van der Waals surface area contributed by atoms with E-state index in [1.165, 1.54) is 21.7 Å². The summed E-state index contributed by atoms with van der Waals surface area (Å²) in [4.78, 5) is 49.4. The van der Waals surface area contributed by atoms with Crippen molar-refractivity contribution in [2.24, 2.45) is 4.99 Å². The first-order chi connectivity index (χ1) is 21.6. The number of fused-ring (bicyclic) bond motifs is 1. The number of pyridine rings is 2. The van der Waals surface area contributed by atoms with Crippen LogP contribution in [0.25, 0.3) is 16.5 Å². The van der Waals surface area contributed by atoms with E-state index in [1.54, 1.807) is 61.7 Å². The largest absolute Gasteiger partial charge is 0.379 e. The Morgan fingerprint density at radius 2 is 1.87 bits per heavy atom. The van der Waals surface area contributed by atoms with Crippen molar-refractivity contribution in [1.82, 2.24) is 19.8 Å². The zero-order valence-electron chi connectivity index (χ0n) is 26.5. The molecule has 1 saturated heterocycles. The maximum absolute atomic E-state index is 15.0. The molecule has 1 N–H and O–H groups in total. The van der Waals surface area contributed by atoms with E-state index in [4.69, 9.17) is 4.74 Å². The molecule has 3 aromatic rings. The van der Waals surface area contributed by atoms with Crippen molar-refractivity contribution in [3.63, 3.8) is 0 Å². The number of aldehydes is 1. The minimum atomic E-state index is -0.869. The van der Waals surface area contributed by atoms with Gasteiger partial charge in [0.25, 0.3) is 11.5 Å². The van der Waals surface area contributed by atoms with E-state index in [0.29, 0.717) is 39.9 Å². The summed E-state index contributed by atoms with van der Waals surface area (Å²) in [6.07, 6.45) is 8.91. The minimum absolute atomic E-state index is 0.0220. The number of halogens is 1. The Morgan fingerprint density at radius 1 is 1.13 bits per heavy atom. The third kappa shape index (κ3) is 7.50. The summed E-state index contributed by atoms with van der Waals surface area (Å²) in [6.45, 7) is 9.35. The van der Waals surface area contributed by atoms with E-state index in [1.807, 2.05) is 34.0 Å². The van der Waals surface area contributed by atoms with E-state index in [2.05, 4.69) is 15.3 Å². The van der Waals surface area contributed by atoms with Gasteiger partial charge in [0.05, 0.1) is 24.3 Å². The monoisotopic (exact) mass is 614 g/mol. The number of ether oxygens (including phenoxy) is 1. The normalized spacial score (nSPS) is 17.6. The molecule has 1 amide bonds. The van der Waals surface area contributed by atoms with Gasteiger partial charge >= 0.3 is 0 Å². The number of morpholine rings is 1. The van der Waals surface area contributed by atoms with E-state index in [9.17, 15) is 14.4 Å². The van der Waals surface area contributed by atoms with Gasteiger partial charge in [-0.3, -0.25) is 28.9 Å². The summed E-state index contributed by atoms with van der Waals surface area (Å²) >= 11 is 0. The number of nitrogens with zero attached hydrogens (tertiary/aromatic N) is 5. The fourth-order valence-corrected chi connectivity index (χ4v) is 5.03. The topological polar surface area (TPSA) is 109 Å². The predicted molar refractivity (Wildman–Crippen MR) is 176 cm³/mol. The third-order valence-electron chi connectivity index (χ3n) is 7.71. The van der Waals surface area contributed by atoms with Crippen molar-refractivity contribution in [1.29, 1.82) is 0 Å². The lowest BCUT2D eigenvalue weighted by atomic mass is 9.98. The van der Waals surface area contributed by atoms with Gasteiger partial charge in [0.1, 0.15) is 5.82 Å². The fraction of sp³-hybridized carbons (Fsp3) is 0.324. The quantitative estimate of drug-likeness (QED) is 0.324. The van der Waals surface area contributed by atoms with Crippen molar-refractivity contribution in [3.05, 3.63) is 99.1 Å². The van der Waals surface area contributed by atoms with E-state index in [0.717, 1.165) is 37.4 Å². The maximum atomic E-state index is 15.0. The van der Waals surface area contributed by atoms with Crippen molar-refractivity contribution in [2.45, 2.75) is 26.8 Å². The summed E-state index contributed by atoms with van der Waals surface area (Å²) in [6, 6.07) is 7.20. The van der Waals surface area contributed by atoms with Gasteiger partial charge < -0.3 is 19.9 Å². The van der Waals surface area contributed by atoms with Crippen LogP contribution in [-0.2, 0) is 9.53 Å². The molecule has 236 valence electrons. The van der Waals surface area contributed by atoms with Crippen LogP contribution in [0.3, 0.4) is 0 Å². The fourth-order valence-electron chi connectivity index (χ4n) is 5.03. The summed E-state index contributed by atoms with van der Waals surface area (Å²) in [5, 5.41) is 3.71. The molecule has 1 unspecified atom stereocenters. The van der Waals surface area contributed by atoms with Gasteiger partial charge in [-0.05, 0) is 67.6 Å². The average Bonchev–Trinajstić information content (AvgIpc) is 3.19. The molecule has 0 bridgehead atoms. The number of aliphatic imine (C=N–C) groups is 1. The van der Waals surface area contributed by atoms with Crippen molar-refractivity contribution < 1.29 is 18.7 Å². The molecule has 1 fully saturated rings. The number of benzene rings is 1. The van der Waals surface area contributed by atoms with Crippen LogP contribution >= 0.6 is 0 Å². The van der Waals surface area contributed by atoms with Crippen LogP contribution in [0.4, 0.5) is 10.1 Å². The highest BCUT2D eigenvalue weighted by molar-refractivity contribution is 5.95. The molecule has 0 aliphatic carbocycles. The smallest absolute Gasteiger partial charge is 0.265 e. The number of rotatable bonds is 6. The second kappa shape index (κ2) is 14.8. The Labute approximate surface area is 262 Å².